The zero-order valence-corrected chi connectivity index (χ0v) is 11.5. The van der Waals surface area contributed by atoms with Gasteiger partial charge in [-0.1, -0.05) is 17.7 Å². The van der Waals surface area contributed by atoms with Crippen molar-refractivity contribution >= 4 is 0 Å². The van der Waals surface area contributed by atoms with Gasteiger partial charge in [-0.15, -0.1) is 0 Å². The molecule has 0 amide bonds. The summed E-state index contributed by atoms with van der Waals surface area (Å²) in [5.41, 5.74) is 3.67. The van der Waals surface area contributed by atoms with E-state index < -0.39 is 0 Å². The molecule has 0 aromatic heterocycles. The summed E-state index contributed by atoms with van der Waals surface area (Å²) in [6, 6.07) is 0. The maximum atomic E-state index is 5.58. The van der Waals surface area contributed by atoms with E-state index in [1.54, 1.807) is 12.7 Å². The molecule has 1 heterocycles. The predicted octanol–water partition coefficient (Wildman–Crippen LogP) is 3.28. The zero-order chi connectivity index (χ0) is 12.6. The van der Waals surface area contributed by atoms with Gasteiger partial charge in [0.1, 0.15) is 5.76 Å². The molecule has 0 unspecified atom stereocenters. The van der Waals surface area contributed by atoms with Crippen LogP contribution in [0.4, 0.5) is 0 Å². The first-order valence-electron chi connectivity index (χ1n) is 7.07. The maximum absolute atomic E-state index is 5.58. The molecule has 0 N–H and O–H groups in total. The van der Waals surface area contributed by atoms with Crippen molar-refractivity contribution in [3.8, 4) is 0 Å². The largest absolute Gasteiger partial charge is 0.496 e. The summed E-state index contributed by atoms with van der Waals surface area (Å²) in [5.74, 6) is 1.11. The predicted molar refractivity (Wildman–Crippen MR) is 74.3 cm³/mol. The third kappa shape index (κ3) is 1.83. The molecule has 98 valence electrons. The van der Waals surface area contributed by atoms with E-state index in [9.17, 15) is 0 Å². The minimum Gasteiger partial charge on any atom is -0.496 e. The van der Waals surface area contributed by atoms with Crippen molar-refractivity contribution < 1.29 is 4.74 Å². The van der Waals surface area contributed by atoms with Crippen LogP contribution in [0, 0.1) is 5.41 Å². The Morgan fingerprint density at radius 1 is 1.22 bits per heavy atom. The molecule has 0 saturated carbocycles. The van der Waals surface area contributed by atoms with Crippen molar-refractivity contribution in [2.75, 3.05) is 27.2 Å². The molecule has 2 aliphatic carbocycles. The van der Waals surface area contributed by atoms with Crippen LogP contribution in [0.2, 0.25) is 0 Å². The number of hydrogen-bond donors (Lipinski definition) is 0. The Morgan fingerprint density at radius 2 is 2.00 bits per heavy atom. The maximum Gasteiger partial charge on any atom is 0.122 e. The normalized spacial score (nSPS) is 27.1. The minimum absolute atomic E-state index is 0.480. The molecule has 3 aliphatic rings. The summed E-state index contributed by atoms with van der Waals surface area (Å²) in [7, 11) is 4.04. The smallest absolute Gasteiger partial charge is 0.122 e. The van der Waals surface area contributed by atoms with Gasteiger partial charge in [-0.05, 0) is 69.3 Å². The standard InChI is InChI=1S/C16H23NO/c1-17-11-9-16(10-12-17)8-7-13-14(16)5-3-4-6-15(13)18-2/h3-4,6H,5,7-12H2,1-2H3. The topological polar surface area (TPSA) is 12.5 Å². The third-order valence-electron chi connectivity index (χ3n) is 5.03. The summed E-state index contributed by atoms with van der Waals surface area (Å²) in [5, 5.41) is 0. The first-order chi connectivity index (χ1) is 8.75. The lowest BCUT2D eigenvalue weighted by atomic mass is 9.72. The number of rotatable bonds is 1. The van der Waals surface area contributed by atoms with Gasteiger partial charge in [0.2, 0.25) is 0 Å². The second-order valence-corrected chi connectivity index (χ2v) is 5.91. The number of hydrogen-bond acceptors (Lipinski definition) is 2. The second-order valence-electron chi connectivity index (χ2n) is 5.91. The van der Waals surface area contributed by atoms with Gasteiger partial charge >= 0.3 is 0 Å². The van der Waals surface area contributed by atoms with Crippen molar-refractivity contribution in [1.82, 2.24) is 4.90 Å². The molecular formula is C16H23NO. The van der Waals surface area contributed by atoms with Crippen LogP contribution in [-0.4, -0.2) is 32.1 Å². The van der Waals surface area contributed by atoms with Crippen LogP contribution in [0.5, 0.6) is 0 Å². The summed E-state index contributed by atoms with van der Waals surface area (Å²) in [4.78, 5) is 2.46. The quantitative estimate of drug-likeness (QED) is 0.703. The fraction of sp³-hybridized carbons (Fsp3) is 0.625. The van der Waals surface area contributed by atoms with Gasteiger partial charge in [0.15, 0.2) is 0 Å². The number of ether oxygens (including phenoxy) is 1. The van der Waals surface area contributed by atoms with Gasteiger partial charge in [0, 0.05) is 0 Å². The SMILES string of the molecule is COC1=CC=CCC2=C1CCC21CCN(C)CC1. The van der Waals surface area contributed by atoms with Gasteiger partial charge in [-0.2, -0.15) is 0 Å². The zero-order valence-electron chi connectivity index (χ0n) is 11.5. The van der Waals surface area contributed by atoms with Crippen molar-refractivity contribution in [3.63, 3.8) is 0 Å². The van der Waals surface area contributed by atoms with Crippen LogP contribution in [0.15, 0.2) is 35.1 Å². The van der Waals surface area contributed by atoms with Crippen LogP contribution in [0.25, 0.3) is 0 Å². The lowest BCUT2D eigenvalue weighted by Gasteiger charge is -2.40. The number of methoxy groups -OCH3 is 1. The number of nitrogens with zero attached hydrogens (tertiary/aromatic N) is 1. The van der Waals surface area contributed by atoms with E-state index in [1.165, 1.54) is 44.3 Å². The van der Waals surface area contributed by atoms with Crippen molar-refractivity contribution in [3.05, 3.63) is 35.1 Å². The number of piperidine rings is 1. The number of allylic oxidation sites excluding steroid dienone is 5. The Kier molecular flexibility index (Phi) is 3.06. The van der Waals surface area contributed by atoms with E-state index in [0.717, 1.165) is 12.2 Å². The van der Waals surface area contributed by atoms with Crippen molar-refractivity contribution in [1.29, 1.82) is 0 Å². The molecule has 0 radical (unpaired) electrons. The fourth-order valence-electron chi connectivity index (χ4n) is 3.83. The molecule has 0 aromatic carbocycles. The number of likely N-dealkylation sites (tertiary alicyclic amines) is 1. The van der Waals surface area contributed by atoms with Crippen LogP contribution < -0.4 is 0 Å². The molecule has 0 bridgehead atoms. The van der Waals surface area contributed by atoms with Crippen LogP contribution >= 0.6 is 0 Å². The molecule has 3 rings (SSSR count). The molecule has 2 nitrogen and oxygen atoms in total. The highest BCUT2D eigenvalue weighted by Crippen LogP contribution is 2.53. The van der Waals surface area contributed by atoms with E-state index in [0.29, 0.717) is 5.41 Å². The average molecular weight is 245 g/mol. The van der Waals surface area contributed by atoms with Crippen molar-refractivity contribution in [2.24, 2.45) is 5.41 Å². The van der Waals surface area contributed by atoms with E-state index in [-0.39, 0.29) is 0 Å². The van der Waals surface area contributed by atoms with E-state index in [2.05, 4.69) is 30.2 Å². The summed E-state index contributed by atoms with van der Waals surface area (Å²) < 4.78 is 5.58. The first kappa shape index (κ1) is 12.0. The minimum atomic E-state index is 0.480. The Hall–Kier alpha value is -1.02. The monoisotopic (exact) mass is 245 g/mol. The second kappa shape index (κ2) is 4.58. The third-order valence-corrected chi connectivity index (χ3v) is 5.03. The van der Waals surface area contributed by atoms with E-state index >= 15 is 0 Å². The molecule has 0 aromatic rings. The Bertz CT molecular complexity index is 422. The first-order valence-corrected chi connectivity index (χ1v) is 7.07. The van der Waals surface area contributed by atoms with Gasteiger partial charge in [0.25, 0.3) is 0 Å². The van der Waals surface area contributed by atoms with Gasteiger partial charge in [0.05, 0.1) is 7.11 Å². The van der Waals surface area contributed by atoms with Gasteiger partial charge < -0.3 is 9.64 Å². The molecule has 1 fully saturated rings. The lowest BCUT2D eigenvalue weighted by molar-refractivity contribution is 0.153. The molecular weight excluding hydrogens is 222 g/mol. The summed E-state index contributed by atoms with van der Waals surface area (Å²) >= 11 is 0. The lowest BCUT2D eigenvalue weighted by Crippen LogP contribution is -2.37. The van der Waals surface area contributed by atoms with Gasteiger partial charge in [-0.25, -0.2) is 0 Å². The highest BCUT2D eigenvalue weighted by atomic mass is 16.5. The Balaban J connectivity index is 1.94. The van der Waals surface area contributed by atoms with Crippen LogP contribution in [0.1, 0.15) is 32.1 Å². The molecule has 0 atom stereocenters. The molecule has 1 spiro atoms. The fourth-order valence-corrected chi connectivity index (χ4v) is 3.83. The van der Waals surface area contributed by atoms with Crippen molar-refractivity contribution in [2.45, 2.75) is 32.1 Å². The van der Waals surface area contributed by atoms with Crippen LogP contribution in [0.3, 0.4) is 0 Å². The van der Waals surface area contributed by atoms with E-state index in [1.807, 2.05) is 0 Å². The van der Waals surface area contributed by atoms with Crippen LogP contribution in [-0.2, 0) is 4.74 Å². The summed E-state index contributed by atoms with van der Waals surface area (Å²) in [6.45, 7) is 2.49. The highest BCUT2D eigenvalue weighted by Gasteiger charge is 2.42. The van der Waals surface area contributed by atoms with E-state index in [4.69, 9.17) is 4.74 Å². The Labute approximate surface area is 110 Å². The molecule has 1 saturated heterocycles. The molecule has 1 aliphatic heterocycles. The molecule has 2 heteroatoms. The Morgan fingerprint density at radius 3 is 2.72 bits per heavy atom. The summed E-state index contributed by atoms with van der Waals surface area (Å²) in [6.07, 6.45) is 12.9. The number of fused-ring (bicyclic) bond motifs is 1. The highest BCUT2D eigenvalue weighted by molar-refractivity contribution is 5.44. The van der Waals surface area contributed by atoms with Gasteiger partial charge in [-0.3, -0.25) is 0 Å². The average Bonchev–Trinajstić information content (AvgIpc) is 2.60. The molecule has 18 heavy (non-hydrogen) atoms.